The Morgan fingerprint density at radius 1 is 0.955 bits per heavy atom. The number of furan rings is 1. The highest BCUT2D eigenvalue weighted by Gasteiger charge is 2.28. The second-order valence-corrected chi connectivity index (χ2v) is 5.33. The number of carbonyl (C=O) groups is 3. The largest absolute Gasteiger partial charge is 0.457 e. The van der Waals surface area contributed by atoms with Gasteiger partial charge in [-0.15, -0.1) is 0 Å². The zero-order chi connectivity index (χ0) is 15.7. The van der Waals surface area contributed by atoms with Gasteiger partial charge in [-0.1, -0.05) is 34.1 Å². The second kappa shape index (κ2) is 5.61. The van der Waals surface area contributed by atoms with E-state index in [4.69, 9.17) is 4.42 Å². The molecule has 110 valence electrons. The maximum Gasteiger partial charge on any atom is 0.328 e. The van der Waals surface area contributed by atoms with E-state index in [0.29, 0.717) is 11.5 Å². The minimum Gasteiger partial charge on any atom is -0.457 e. The van der Waals surface area contributed by atoms with Gasteiger partial charge in [0, 0.05) is 10.0 Å². The summed E-state index contributed by atoms with van der Waals surface area (Å²) in [6, 6.07) is 10.0. The van der Waals surface area contributed by atoms with Crippen molar-refractivity contribution in [3.8, 4) is 11.3 Å². The molecule has 6 nitrogen and oxygen atoms in total. The van der Waals surface area contributed by atoms with Crippen LogP contribution in [0.3, 0.4) is 0 Å². The van der Waals surface area contributed by atoms with E-state index in [1.165, 1.54) is 6.08 Å². The molecule has 2 heterocycles. The number of halogens is 1. The van der Waals surface area contributed by atoms with Gasteiger partial charge in [-0.2, -0.15) is 0 Å². The molecule has 7 heteroatoms. The number of urea groups is 1. The van der Waals surface area contributed by atoms with Crippen LogP contribution in [0.5, 0.6) is 0 Å². The Morgan fingerprint density at radius 2 is 1.64 bits per heavy atom. The summed E-state index contributed by atoms with van der Waals surface area (Å²) in [6.07, 6.45) is 1.29. The average molecular weight is 361 g/mol. The zero-order valence-corrected chi connectivity index (χ0v) is 12.6. The van der Waals surface area contributed by atoms with E-state index in [0.717, 1.165) is 10.0 Å². The molecule has 22 heavy (non-hydrogen) atoms. The van der Waals surface area contributed by atoms with Crippen molar-refractivity contribution in [2.75, 3.05) is 0 Å². The van der Waals surface area contributed by atoms with Gasteiger partial charge in [-0.3, -0.25) is 20.2 Å². The van der Waals surface area contributed by atoms with Crippen molar-refractivity contribution >= 4 is 39.9 Å². The lowest BCUT2D eigenvalue weighted by molar-refractivity contribution is -0.123. The smallest absolute Gasteiger partial charge is 0.328 e. The Balaban J connectivity index is 1.93. The lowest BCUT2D eigenvalue weighted by atomic mass is 10.1. The number of imide groups is 2. The third kappa shape index (κ3) is 2.71. The van der Waals surface area contributed by atoms with Crippen LogP contribution in [0.25, 0.3) is 17.4 Å². The molecule has 1 aromatic heterocycles. The van der Waals surface area contributed by atoms with Crippen LogP contribution in [0.2, 0.25) is 0 Å². The van der Waals surface area contributed by atoms with E-state index >= 15 is 0 Å². The molecule has 0 unspecified atom stereocenters. The number of hydrogen-bond donors (Lipinski definition) is 2. The summed E-state index contributed by atoms with van der Waals surface area (Å²) in [5.41, 5.74) is 0.660. The van der Waals surface area contributed by atoms with Crippen LogP contribution in [-0.4, -0.2) is 17.8 Å². The van der Waals surface area contributed by atoms with Crippen molar-refractivity contribution < 1.29 is 18.8 Å². The third-order valence-corrected chi connectivity index (χ3v) is 3.69. The lowest BCUT2D eigenvalue weighted by Gasteiger charge is -2.13. The van der Waals surface area contributed by atoms with Gasteiger partial charge in [0.1, 0.15) is 17.1 Å². The van der Waals surface area contributed by atoms with Crippen LogP contribution >= 0.6 is 15.9 Å². The number of hydrogen-bond acceptors (Lipinski definition) is 4. The van der Waals surface area contributed by atoms with Crippen molar-refractivity contribution in [1.82, 2.24) is 10.6 Å². The first kappa shape index (κ1) is 14.3. The molecule has 1 fully saturated rings. The monoisotopic (exact) mass is 360 g/mol. The molecule has 2 aromatic rings. The predicted octanol–water partition coefficient (Wildman–Crippen LogP) is 2.46. The molecule has 3 rings (SSSR count). The molecule has 0 atom stereocenters. The number of amides is 4. The average Bonchev–Trinajstić information content (AvgIpc) is 2.92. The van der Waals surface area contributed by atoms with Gasteiger partial charge in [0.15, 0.2) is 0 Å². The molecule has 0 bridgehead atoms. The SMILES string of the molecule is O=C1NC(=O)C(=Cc2ccc(-c3ccccc3Br)o2)C(=O)N1. The quantitative estimate of drug-likeness (QED) is 0.635. The van der Waals surface area contributed by atoms with Crippen LogP contribution in [0.15, 0.2) is 50.9 Å². The van der Waals surface area contributed by atoms with Crippen LogP contribution in [0.4, 0.5) is 4.79 Å². The van der Waals surface area contributed by atoms with Crippen LogP contribution in [-0.2, 0) is 9.59 Å². The first-order chi connectivity index (χ1) is 10.5. The zero-order valence-electron chi connectivity index (χ0n) is 11.1. The molecule has 0 aliphatic carbocycles. The highest BCUT2D eigenvalue weighted by atomic mass is 79.9. The van der Waals surface area contributed by atoms with Gasteiger partial charge < -0.3 is 4.42 Å². The van der Waals surface area contributed by atoms with Gasteiger partial charge >= 0.3 is 6.03 Å². The molecule has 1 aromatic carbocycles. The maximum atomic E-state index is 11.6. The molecule has 4 amide bonds. The van der Waals surface area contributed by atoms with Gasteiger partial charge in [0.25, 0.3) is 11.8 Å². The summed E-state index contributed by atoms with van der Waals surface area (Å²) in [7, 11) is 0. The van der Waals surface area contributed by atoms with Gasteiger partial charge in [0.2, 0.25) is 0 Å². The molecule has 0 spiro atoms. The van der Waals surface area contributed by atoms with Crippen molar-refractivity contribution in [3.05, 3.63) is 52.2 Å². The van der Waals surface area contributed by atoms with Crippen LogP contribution < -0.4 is 10.6 Å². The highest BCUT2D eigenvalue weighted by Crippen LogP contribution is 2.30. The summed E-state index contributed by atoms with van der Waals surface area (Å²) in [5, 5.41) is 4.00. The number of nitrogens with one attached hydrogen (secondary N) is 2. The summed E-state index contributed by atoms with van der Waals surface area (Å²) >= 11 is 3.43. The Bertz CT molecular complexity index is 800. The maximum absolute atomic E-state index is 11.6. The van der Waals surface area contributed by atoms with E-state index in [-0.39, 0.29) is 5.57 Å². The van der Waals surface area contributed by atoms with E-state index < -0.39 is 17.8 Å². The fraction of sp³-hybridized carbons (Fsp3) is 0. The predicted molar refractivity (Wildman–Crippen MR) is 81.5 cm³/mol. The normalized spacial score (nSPS) is 14.6. The summed E-state index contributed by atoms with van der Waals surface area (Å²) < 4.78 is 6.49. The summed E-state index contributed by atoms with van der Waals surface area (Å²) in [4.78, 5) is 34.3. The van der Waals surface area contributed by atoms with Gasteiger partial charge in [-0.05, 0) is 24.3 Å². The number of rotatable bonds is 2. The Morgan fingerprint density at radius 3 is 2.32 bits per heavy atom. The Labute approximate surface area is 133 Å². The van der Waals surface area contributed by atoms with Crippen molar-refractivity contribution in [3.63, 3.8) is 0 Å². The fourth-order valence-electron chi connectivity index (χ4n) is 1.98. The lowest BCUT2D eigenvalue weighted by Crippen LogP contribution is -2.51. The van der Waals surface area contributed by atoms with Crippen molar-refractivity contribution in [1.29, 1.82) is 0 Å². The Hall–Kier alpha value is -2.67. The van der Waals surface area contributed by atoms with E-state index in [1.807, 2.05) is 34.9 Å². The molecule has 1 aliphatic rings. The summed E-state index contributed by atoms with van der Waals surface area (Å²) in [5.74, 6) is -0.590. The second-order valence-electron chi connectivity index (χ2n) is 4.48. The highest BCUT2D eigenvalue weighted by molar-refractivity contribution is 9.10. The Kier molecular flexibility index (Phi) is 3.64. The summed E-state index contributed by atoms with van der Waals surface area (Å²) in [6.45, 7) is 0. The van der Waals surface area contributed by atoms with Gasteiger partial charge in [0.05, 0.1) is 0 Å². The molecular weight excluding hydrogens is 352 g/mol. The molecule has 2 N–H and O–H groups in total. The number of carbonyl (C=O) groups excluding carboxylic acids is 3. The van der Waals surface area contributed by atoms with Crippen LogP contribution in [0.1, 0.15) is 5.76 Å². The molecule has 1 saturated heterocycles. The first-order valence-electron chi connectivity index (χ1n) is 6.27. The minimum absolute atomic E-state index is 0.187. The first-order valence-corrected chi connectivity index (χ1v) is 7.07. The fourth-order valence-corrected chi connectivity index (χ4v) is 2.46. The minimum atomic E-state index is -0.833. The standard InChI is InChI=1S/C15H9BrN2O4/c16-11-4-2-1-3-9(11)12-6-5-8(22-12)7-10-13(19)17-15(21)18-14(10)20/h1-7H,(H2,17,18,19,20,21). The molecular formula is C15H9BrN2O4. The van der Waals surface area contributed by atoms with Crippen molar-refractivity contribution in [2.24, 2.45) is 0 Å². The van der Waals surface area contributed by atoms with E-state index in [9.17, 15) is 14.4 Å². The number of benzene rings is 1. The molecule has 1 aliphatic heterocycles. The van der Waals surface area contributed by atoms with E-state index in [2.05, 4.69) is 15.9 Å². The van der Waals surface area contributed by atoms with E-state index in [1.54, 1.807) is 12.1 Å². The van der Waals surface area contributed by atoms with Crippen LogP contribution in [0, 0.1) is 0 Å². The molecule has 0 radical (unpaired) electrons. The third-order valence-electron chi connectivity index (χ3n) is 3.00. The van der Waals surface area contributed by atoms with Crippen molar-refractivity contribution in [2.45, 2.75) is 0 Å². The topological polar surface area (TPSA) is 88.4 Å². The van der Waals surface area contributed by atoms with Gasteiger partial charge in [-0.25, -0.2) is 4.79 Å². The number of barbiturate groups is 1. The molecule has 0 saturated carbocycles.